The average Bonchev–Trinajstić information content (AvgIpc) is 3.53. The largest absolute Gasteiger partial charge is 0.467 e. The number of hydrogen-bond donors (Lipinski definition) is 0. The van der Waals surface area contributed by atoms with Crippen molar-refractivity contribution < 1.29 is 22.7 Å². The van der Waals surface area contributed by atoms with Gasteiger partial charge < -0.3 is 14.5 Å². The fourth-order valence-corrected chi connectivity index (χ4v) is 5.84. The Morgan fingerprint density at radius 1 is 1.15 bits per heavy atom. The average molecular weight is 624 g/mol. The number of likely N-dealkylation sites (tertiary alicyclic amines) is 1. The second-order valence-corrected chi connectivity index (χ2v) is 11.0. The number of fused-ring (bicyclic) bond motifs is 2. The quantitative estimate of drug-likeness (QED) is 0.179. The number of amides is 1. The summed E-state index contributed by atoms with van der Waals surface area (Å²) in [6.45, 7) is 3.94. The van der Waals surface area contributed by atoms with Crippen LogP contribution < -0.4 is 9.64 Å². The van der Waals surface area contributed by atoms with Gasteiger partial charge in [0.25, 0.3) is 5.91 Å². The maximum absolute atomic E-state index is 16.4. The molecule has 1 unspecified atom stereocenters. The minimum Gasteiger partial charge on any atom is -0.467 e. The van der Waals surface area contributed by atoms with E-state index in [-0.39, 0.29) is 35.4 Å². The van der Waals surface area contributed by atoms with Gasteiger partial charge in [-0.25, -0.2) is 23.1 Å². The number of nitrogens with zero attached hydrogens (tertiary/aromatic N) is 7. The van der Waals surface area contributed by atoms with E-state index in [0.29, 0.717) is 57.7 Å². The molecule has 0 aliphatic carbocycles. The van der Waals surface area contributed by atoms with Crippen LogP contribution in [0.15, 0.2) is 48.4 Å². The Bertz CT molecular complexity index is 2090. The van der Waals surface area contributed by atoms with Crippen molar-refractivity contribution in [2.45, 2.75) is 26.3 Å². The van der Waals surface area contributed by atoms with Gasteiger partial charge in [-0.05, 0) is 37.8 Å². The number of pyridine rings is 1. The van der Waals surface area contributed by atoms with Gasteiger partial charge in [-0.2, -0.15) is 9.97 Å². The van der Waals surface area contributed by atoms with E-state index in [1.54, 1.807) is 56.1 Å². The predicted molar refractivity (Wildman–Crippen MR) is 169 cm³/mol. The summed E-state index contributed by atoms with van der Waals surface area (Å²) in [6, 6.07) is 9.15. The van der Waals surface area contributed by atoms with Crippen LogP contribution >= 0.6 is 0 Å². The van der Waals surface area contributed by atoms with E-state index >= 15 is 8.78 Å². The molecular formula is C34H28F3N7O2. The highest BCUT2D eigenvalue weighted by atomic mass is 19.1. The SMILES string of the molecule is C#Cc1c(F)ccc2cccc(-c3ncc4c(N(C)C5CCN(C(=O)/C(F)=C/c6cc(C)nc(C)n6)C5)nc(OC)nc4c3F)c12. The summed E-state index contributed by atoms with van der Waals surface area (Å²) < 4.78 is 51.4. The Kier molecular flexibility index (Phi) is 8.00. The molecule has 1 atom stereocenters. The van der Waals surface area contributed by atoms with Crippen LogP contribution in [0, 0.1) is 37.8 Å². The molecule has 0 bridgehead atoms. The highest BCUT2D eigenvalue weighted by molar-refractivity contribution is 6.02. The molecule has 5 aromatic rings. The highest BCUT2D eigenvalue weighted by Gasteiger charge is 2.33. The van der Waals surface area contributed by atoms with Crippen molar-refractivity contribution >= 4 is 39.5 Å². The number of aromatic nitrogens is 5. The lowest BCUT2D eigenvalue weighted by Gasteiger charge is -2.27. The van der Waals surface area contributed by atoms with Crippen molar-refractivity contribution in [2.24, 2.45) is 0 Å². The first kappa shape index (κ1) is 30.5. The van der Waals surface area contributed by atoms with Crippen molar-refractivity contribution in [3.8, 4) is 29.6 Å². The van der Waals surface area contributed by atoms with E-state index in [1.165, 1.54) is 24.3 Å². The maximum Gasteiger partial charge on any atom is 0.318 e. The topological polar surface area (TPSA) is 97.2 Å². The van der Waals surface area contributed by atoms with E-state index in [0.717, 1.165) is 6.08 Å². The molecule has 0 spiro atoms. The molecule has 46 heavy (non-hydrogen) atoms. The van der Waals surface area contributed by atoms with Crippen LogP contribution in [0.3, 0.4) is 0 Å². The number of hydrogen-bond acceptors (Lipinski definition) is 8. The lowest BCUT2D eigenvalue weighted by atomic mass is 9.96. The van der Waals surface area contributed by atoms with Crippen molar-refractivity contribution in [3.05, 3.63) is 82.8 Å². The van der Waals surface area contributed by atoms with Gasteiger partial charge in [0, 0.05) is 55.1 Å². The van der Waals surface area contributed by atoms with E-state index in [2.05, 4.69) is 30.8 Å². The highest BCUT2D eigenvalue weighted by Crippen LogP contribution is 2.37. The summed E-state index contributed by atoms with van der Waals surface area (Å²) in [5.41, 5.74) is 1.15. The molecule has 1 saturated heterocycles. The zero-order valence-corrected chi connectivity index (χ0v) is 25.5. The standard InChI is InChI=1S/C34H28F3N7O2/c1-6-23-26(35)11-10-20-8-7-9-24(28(20)23)30-29(37)31-25(16-38-30)32(42-34(41-31)46-5)43(4)22-12-13-44(17-22)33(45)27(36)15-21-14-18(2)39-19(3)40-21/h1,7-11,14-16,22H,12-13,17H2,2-5H3/b27-15-. The first-order chi connectivity index (χ1) is 22.1. The summed E-state index contributed by atoms with van der Waals surface area (Å²) in [5.74, 6) is 0.104. The third-order valence-corrected chi connectivity index (χ3v) is 8.02. The van der Waals surface area contributed by atoms with Gasteiger partial charge in [0.15, 0.2) is 11.6 Å². The Hall–Kier alpha value is -5.57. The van der Waals surface area contributed by atoms with Crippen LogP contribution in [0.2, 0.25) is 0 Å². The number of benzene rings is 2. The van der Waals surface area contributed by atoms with E-state index in [9.17, 15) is 9.18 Å². The van der Waals surface area contributed by atoms with Crippen molar-refractivity contribution in [2.75, 3.05) is 32.1 Å². The molecule has 12 heteroatoms. The first-order valence-corrected chi connectivity index (χ1v) is 14.4. The summed E-state index contributed by atoms with van der Waals surface area (Å²) in [5, 5.41) is 1.28. The molecule has 4 heterocycles. The third-order valence-electron chi connectivity index (χ3n) is 8.02. The van der Waals surface area contributed by atoms with Crippen LogP contribution in [0.5, 0.6) is 6.01 Å². The van der Waals surface area contributed by atoms with Gasteiger partial charge in [-0.15, -0.1) is 6.42 Å². The van der Waals surface area contributed by atoms with Gasteiger partial charge >= 0.3 is 6.01 Å². The van der Waals surface area contributed by atoms with Crippen LogP contribution in [0.1, 0.15) is 29.2 Å². The van der Waals surface area contributed by atoms with Gasteiger partial charge in [0.05, 0.1) is 23.8 Å². The second kappa shape index (κ2) is 12.1. The number of methoxy groups -OCH3 is 1. The number of likely N-dealkylation sites (N-methyl/N-ethyl adjacent to an activating group) is 1. The first-order valence-electron chi connectivity index (χ1n) is 14.4. The fraction of sp³-hybridized carbons (Fsp3) is 0.235. The number of anilines is 1. The Labute approximate surface area is 262 Å². The normalized spacial score (nSPS) is 15.0. The molecule has 0 radical (unpaired) electrons. The van der Waals surface area contributed by atoms with Gasteiger partial charge in [0.1, 0.15) is 28.7 Å². The van der Waals surface area contributed by atoms with Crippen LogP contribution in [-0.4, -0.2) is 69.0 Å². The zero-order chi connectivity index (χ0) is 32.7. The summed E-state index contributed by atoms with van der Waals surface area (Å²) in [7, 11) is 3.11. The fourth-order valence-electron chi connectivity index (χ4n) is 5.84. The molecule has 1 amide bonds. The van der Waals surface area contributed by atoms with Crippen molar-refractivity contribution in [1.29, 1.82) is 0 Å². The number of carbonyl (C=O) groups excluding carboxylic acids is 1. The monoisotopic (exact) mass is 623 g/mol. The molecule has 0 saturated carbocycles. The van der Waals surface area contributed by atoms with Crippen molar-refractivity contribution in [3.63, 3.8) is 0 Å². The molecular weight excluding hydrogens is 595 g/mol. The van der Waals surface area contributed by atoms with Gasteiger partial charge in [-0.3, -0.25) is 9.78 Å². The summed E-state index contributed by atoms with van der Waals surface area (Å²) in [6.07, 6.45) is 8.68. The van der Waals surface area contributed by atoms with Gasteiger partial charge in [0.2, 0.25) is 0 Å². The minimum atomic E-state index is -0.935. The minimum absolute atomic E-state index is 0.00368. The second-order valence-electron chi connectivity index (χ2n) is 11.0. The molecule has 2 aromatic carbocycles. The number of ether oxygens (including phenoxy) is 1. The molecule has 6 rings (SSSR count). The van der Waals surface area contributed by atoms with Crippen molar-refractivity contribution in [1.82, 2.24) is 29.8 Å². The molecule has 232 valence electrons. The number of terminal acetylenes is 1. The lowest BCUT2D eigenvalue weighted by molar-refractivity contribution is -0.127. The molecule has 1 aliphatic rings. The van der Waals surface area contributed by atoms with Crippen LogP contribution in [0.4, 0.5) is 19.0 Å². The number of halogens is 3. The van der Waals surface area contributed by atoms with E-state index < -0.39 is 23.4 Å². The third kappa shape index (κ3) is 5.45. The smallest absolute Gasteiger partial charge is 0.318 e. The number of rotatable bonds is 6. The Balaban J connectivity index is 1.34. The maximum atomic E-state index is 16.4. The summed E-state index contributed by atoms with van der Waals surface area (Å²) >= 11 is 0. The van der Waals surface area contributed by atoms with E-state index in [1.807, 2.05) is 0 Å². The molecule has 0 N–H and O–H groups in total. The van der Waals surface area contributed by atoms with Crippen LogP contribution in [-0.2, 0) is 4.79 Å². The van der Waals surface area contributed by atoms with Gasteiger partial charge in [-0.1, -0.05) is 30.2 Å². The molecule has 1 fully saturated rings. The Morgan fingerprint density at radius 2 is 1.96 bits per heavy atom. The number of aryl methyl sites for hydroxylation is 2. The van der Waals surface area contributed by atoms with E-state index in [4.69, 9.17) is 11.2 Å². The molecule has 9 nitrogen and oxygen atoms in total. The predicted octanol–water partition coefficient (Wildman–Crippen LogP) is 5.57. The molecule has 3 aromatic heterocycles. The number of carbonyl (C=O) groups is 1. The Morgan fingerprint density at radius 3 is 2.70 bits per heavy atom. The van der Waals surface area contributed by atoms with Crippen LogP contribution in [0.25, 0.3) is 39.0 Å². The lowest BCUT2D eigenvalue weighted by Crippen LogP contribution is -2.37. The summed E-state index contributed by atoms with van der Waals surface area (Å²) in [4.78, 5) is 37.7. The zero-order valence-electron chi connectivity index (χ0n) is 25.5. The molecule has 1 aliphatic heterocycles.